The Labute approximate surface area is 77.7 Å². The molecule has 3 heterocycles. The fourth-order valence-electron chi connectivity index (χ4n) is 2.08. The van der Waals surface area contributed by atoms with Crippen LogP contribution in [-0.2, 0) is 14.2 Å². The summed E-state index contributed by atoms with van der Waals surface area (Å²) in [5, 5.41) is 0. The van der Waals surface area contributed by atoms with Crippen molar-refractivity contribution in [3.8, 4) is 0 Å². The standard InChI is InChI=1S/C9H15NO3/c1-7(2-11-1)10(8-3-12-4-8)9-5-13-6-9/h7-9H,1-6H2. The predicted molar refractivity (Wildman–Crippen MR) is 45.7 cm³/mol. The lowest BCUT2D eigenvalue weighted by atomic mass is 10.0. The molecule has 3 saturated heterocycles. The van der Waals surface area contributed by atoms with Gasteiger partial charge in [-0.2, -0.15) is 0 Å². The summed E-state index contributed by atoms with van der Waals surface area (Å²) >= 11 is 0. The van der Waals surface area contributed by atoms with Crippen LogP contribution < -0.4 is 0 Å². The van der Waals surface area contributed by atoms with Crippen LogP contribution in [0.1, 0.15) is 0 Å². The van der Waals surface area contributed by atoms with Crippen LogP contribution in [0, 0.1) is 0 Å². The summed E-state index contributed by atoms with van der Waals surface area (Å²) in [4.78, 5) is 2.55. The normalized spacial score (nSPS) is 31.2. The van der Waals surface area contributed by atoms with E-state index in [0.29, 0.717) is 18.1 Å². The van der Waals surface area contributed by atoms with Crippen LogP contribution >= 0.6 is 0 Å². The van der Waals surface area contributed by atoms with Gasteiger partial charge in [-0.05, 0) is 0 Å². The molecule has 0 amide bonds. The molecule has 3 rings (SSSR count). The first-order valence-corrected chi connectivity index (χ1v) is 4.96. The third-order valence-electron chi connectivity index (χ3n) is 3.13. The molecule has 0 aromatic heterocycles. The van der Waals surface area contributed by atoms with Gasteiger partial charge in [0.05, 0.1) is 57.8 Å². The lowest BCUT2D eigenvalue weighted by Crippen LogP contribution is -2.66. The highest BCUT2D eigenvalue weighted by Crippen LogP contribution is 2.25. The first kappa shape index (κ1) is 8.17. The molecule has 3 fully saturated rings. The molecule has 3 aliphatic rings. The van der Waals surface area contributed by atoms with Crippen molar-refractivity contribution < 1.29 is 14.2 Å². The maximum atomic E-state index is 5.23. The van der Waals surface area contributed by atoms with Crippen molar-refractivity contribution >= 4 is 0 Å². The smallest absolute Gasteiger partial charge is 0.0645 e. The Balaban J connectivity index is 1.64. The third-order valence-corrected chi connectivity index (χ3v) is 3.13. The quantitative estimate of drug-likeness (QED) is 0.592. The zero-order valence-electron chi connectivity index (χ0n) is 7.65. The number of ether oxygens (including phenoxy) is 3. The zero-order chi connectivity index (χ0) is 8.67. The number of hydrogen-bond acceptors (Lipinski definition) is 4. The topological polar surface area (TPSA) is 30.9 Å². The van der Waals surface area contributed by atoms with E-state index in [1.165, 1.54) is 0 Å². The SMILES string of the molecule is C1OCC1N(C1COC1)C1COC1. The molecule has 0 atom stereocenters. The van der Waals surface area contributed by atoms with Crippen LogP contribution in [0.15, 0.2) is 0 Å². The Hall–Kier alpha value is -0.160. The molecule has 4 nitrogen and oxygen atoms in total. The van der Waals surface area contributed by atoms with E-state index in [2.05, 4.69) is 4.90 Å². The molecule has 0 aromatic carbocycles. The summed E-state index contributed by atoms with van der Waals surface area (Å²) < 4.78 is 15.7. The minimum atomic E-state index is 0.628. The fraction of sp³-hybridized carbons (Fsp3) is 1.00. The van der Waals surface area contributed by atoms with Gasteiger partial charge in [-0.25, -0.2) is 0 Å². The molecule has 0 aliphatic carbocycles. The van der Waals surface area contributed by atoms with Gasteiger partial charge in [-0.1, -0.05) is 0 Å². The average molecular weight is 185 g/mol. The van der Waals surface area contributed by atoms with Crippen molar-refractivity contribution in [1.29, 1.82) is 0 Å². The van der Waals surface area contributed by atoms with Gasteiger partial charge in [0.25, 0.3) is 0 Å². The average Bonchev–Trinajstić information content (AvgIpc) is 1.73. The van der Waals surface area contributed by atoms with Crippen LogP contribution in [0.5, 0.6) is 0 Å². The van der Waals surface area contributed by atoms with Crippen LogP contribution in [-0.4, -0.2) is 62.7 Å². The largest absolute Gasteiger partial charge is 0.378 e. The molecule has 0 bridgehead atoms. The summed E-state index contributed by atoms with van der Waals surface area (Å²) in [7, 11) is 0. The van der Waals surface area contributed by atoms with E-state index in [4.69, 9.17) is 14.2 Å². The van der Waals surface area contributed by atoms with E-state index < -0.39 is 0 Å². The van der Waals surface area contributed by atoms with Crippen molar-refractivity contribution in [3.05, 3.63) is 0 Å². The van der Waals surface area contributed by atoms with Crippen LogP contribution in [0.4, 0.5) is 0 Å². The van der Waals surface area contributed by atoms with Crippen LogP contribution in [0.25, 0.3) is 0 Å². The highest BCUT2D eigenvalue weighted by molar-refractivity contribution is 4.93. The molecule has 0 N–H and O–H groups in total. The van der Waals surface area contributed by atoms with Gasteiger partial charge in [-0.15, -0.1) is 0 Å². The number of hydrogen-bond donors (Lipinski definition) is 0. The van der Waals surface area contributed by atoms with Gasteiger partial charge in [0, 0.05) is 0 Å². The molecule has 0 radical (unpaired) electrons. The van der Waals surface area contributed by atoms with Crippen molar-refractivity contribution in [2.75, 3.05) is 39.6 Å². The second kappa shape index (κ2) is 3.20. The molecule has 0 spiro atoms. The first-order chi connectivity index (χ1) is 6.45. The van der Waals surface area contributed by atoms with Gasteiger partial charge in [0.2, 0.25) is 0 Å². The Kier molecular flexibility index (Phi) is 2.01. The Bertz CT molecular complexity index is 154. The summed E-state index contributed by atoms with van der Waals surface area (Å²) in [6.07, 6.45) is 0. The second-order valence-corrected chi connectivity index (χ2v) is 4.02. The van der Waals surface area contributed by atoms with Gasteiger partial charge in [0.15, 0.2) is 0 Å². The van der Waals surface area contributed by atoms with E-state index in [1.807, 2.05) is 0 Å². The highest BCUT2D eigenvalue weighted by Gasteiger charge is 2.41. The Morgan fingerprint density at radius 1 is 0.615 bits per heavy atom. The molecule has 13 heavy (non-hydrogen) atoms. The molecule has 4 heteroatoms. The van der Waals surface area contributed by atoms with E-state index >= 15 is 0 Å². The van der Waals surface area contributed by atoms with Gasteiger partial charge < -0.3 is 14.2 Å². The van der Waals surface area contributed by atoms with Crippen LogP contribution in [0.3, 0.4) is 0 Å². The van der Waals surface area contributed by atoms with Gasteiger partial charge >= 0.3 is 0 Å². The first-order valence-electron chi connectivity index (χ1n) is 4.96. The maximum absolute atomic E-state index is 5.23. The van der Waals surface area contributed by atoms with Crippen molar-refractivity contribution in [1.82, 2.24) is 4.90 Å². The van der Waals surface area contributed by atoms with E-state index in [-0.39, 0.29) is 0 Å². The van der Waals surface area contributed by atoms with Crippen molar-refractivity contribution in [3.63, 3.8) is 0 Å². The molecular weight excluding hydrogens is 170 g/mol. The predicted octanol–water partition coefficient (Wildman–Crippen LogP) is -0.515. The van der Waals surface area contributed by atoms with E-state index in [9.17, 15) is 0 Å². The molecule has 0 saturated carbocycles. The lowest BCUT2D eigenvalue weighted by Gasteiger charge is -2.51. The highest BCUT2D eigenvalue weighted by atomic mass is 16.5. The summed E-state index contributed by atoms with van der Waals surface area (Å²) in [5.74, 6) is 0. The van der Waals surface area contributed by atoms with Crippen LogP contribution in [0.2, 0.25) is 0 Å². The Morgan fingerprint density at radius 2 is 0.923 bits per heavy atom. The molecule has 74 valence electrons. The minimum Gasteiger partial charge on any atom is -0.378 e. The lowest BCUT2D eigenvalue weighted by molar-refractivity contribution is -0.192. The number of rotatable bonds is 3. The zero-order valence-corrected chi connectivity index (χ0v) is 7.65. The summed E-state index contributed by atoms with van der Waals surface area (Å²) in [6, 6.07) is 1.88. The molecule has 0 aromatic rings. The summed E-state index contributed by atoms with van der Waals surface area (Å²) in [6.45, 7) is 5.37. The van der Waals surface area contributed by atoms with Crippen molar-refractivity contribution in [2.24, 2.45) is 0 Å². The van der Waals surface area contributed by atoms with E-state index in [1.54, 1.807) is 0 Å². The second-order valence-electron chi connectivity index (χ2n) is 4.02. The third kappa shape index (κ3) is 1.29. The fourth-order valence-corrected chi connectivity index (χ4v) is 2.08. The van der Waals surface area contributed by atoms with Gasteiger partial charge in [-0.3, -0.25) is 4.90 Å². The molecular formula is C9H15NO3. The molecule has 3 aliphatic heterocycles. The molecule has 0 unspecified atom stereocenters. The minimum absolute atomic E-state index is 0.628. The summed E-state index contributed by atoms with van der Waals surface area (Å²) in [5.41, 5.74) is 0. The maximum Gasteiger partial charge on any atom is 0.0645 e. The van der Waals surface area contributed by atoms with Gasteiger partial charge in [0.1, 0.15) is 0 Å². The van der Waals surface area contributed by atoms with E-state index in [0.717, 1.165) is 39.6 Å². The number of nitrogens with zero attached hydrogens (tertiary/aromatic N) is 1. The van der Waals surface area contributed by atoms with Crippen molar-refractivity contribution in [2.45, 2.75) is 18.1 Å². The monoisotopic (exact) mass is 185 g/mol. The Morgan fingerprint density at radius 3 is 1.08 bits per heavy atom.